The molecule has 0 N–H and O–H groups in total. The van der Waals surface area contributed by atoms with Gasteiger partial charge in [0.25, 0.3) is 0 Å². The SMILES string of the molecule is Cc1c(F)cccc1Cc1cc2ccccc2n1C1CCCC1. The molecule has 23 heavy (non-hydrogen) atoms. The summed E-state index contributed by atoms with van der Waals surface area (Å²) in [7, 11) is 0. The van der Waals surface area contributed by atoms with Crippen molar-refractivity contribution < 1.29 is 4.39 Å². The van der Waals surface area contributed by atoms with E-state index in [4.69, 9.17) is 0 Å². The van der Waals surface area contributed by atoms with E-state index in [1.54, 1.807) is 6.07 Å². The molecule has 3 aromatic rings. The summed E-state index contributed by atoms with van der Waals surface area (Å²) in [6.45, 7) is 1.88. The molecule has 118 valence electrons. The first-order valence-electron chi connectivity index (χ1n) is 8.57. The third-order valence-corrected chi connectivity index (χ3v) is 5.27. The van der Waals surface area contributed by atoms with Gasteiger partial charge in [-0.2, -0.15) is 0 Å². The fourth-order valence-electron chi connectivity index (χ4n) is 4.00. The molecule has 1 nitrogen and oxygen atoms in total. The molecule has 1 saturated carbocycles. The lowest BCUT2D eigenvalue weighted by atomic mass is 10.0. The van der Waals surface area contributed by atoms with E-state index >= 15 is 0 Å². The van der Waals surface area contributed by atoms with Gasteiger partial charge in [0.05, 0.1) is 0 Å². The lowest BCUT2D eigenvalue weighted by molar-refractivity contribution is 0.520. The predicted octanol–water partition coefficient (Wildman–Crippen LogP) is 5.79. The highest BCUT2D eigenvalue weighted by molar-refractivity contribution is 5.81. The predicted molar refractivity (Wildman–Crippen MR) is 93.4 cm³/mol. The van der Waals surface area contributed by atoms with Gasteiger partial charge in [0, 0.05) is 23.7 Å². The number of benzene rings is 2. The quantitative estimate of drug-likeness (QED) is 0.576. The summed E-state index contributed by atoms with van der Waals surface area (Å²) in [6, 6.07) is 16.9. The van der Waals surface area contributed by atoms with Crippen molar-refractivity contribution in [2.75, 3.05) is 0 Å². The lowest BCUT2D eigenvalue weighted by Gasteiger charge is -2.18. The molecule has 0 saturated heterocycles. The maximum atomic E-state index is 13.9. The Kier molecular flexibility index (Phi) is 3.68. The van der Waals surface area contributed by atoms with Crippen LogP contribution in [0.5, 0.6) is 0 Å². The molecule has 0 spiro atoms. The molecule has 2 aromatic carbocycles. The highest BCUT2D eigenvalue weighted by Crippen LogP contribution is 2.35. The van der Waals surface area contributed by atoms with E-state index in [2.05, 4.69) is 41.0 Å². The Morgan fingerprint density at radius 1 is 1.04 bits per heavy atom. The molecule has 1 fully saturated rings. The van der Waals surface area contributed by atoms with Crippen LogP contribution in [0, 0.1) is 12.7 Å². The van der Waals surface area contributed by atoms with E-state index in [0.717, 1.165) is 17.5 Å². The van der Waals surface area contributed by atoms with E-state index in [9.17, 15) is 4.39 Å². The van der Waals surface area contributed by atoms with Crippen LogP contribution in [0.3, 0.4) is 0 Å². The minimum atomic E-state index is -0.106. The zero-order valence-electron chi connectivity index (χ0n) is 13.6. The van der Waals surface area contributed by atoms with Gasteiger partial charge < -0.3 is 4.57 Å². The molecular weight excluding hydrogens is 285 g/mol. The van der Waals surface area contributed by atoms with Gasteiger partial charge in [-0.05, 0) is 54.5 Å². The second-order valence-corrected chi connectivity index (χ2v) is 6.70. The minimum Gasteiger partial charge on any atom is -0.341 e. The Labute approximate surface area is 136 Å². The number of nitrogens with zero attached hydrogens (tertiary/aromatic N) is 1. The molecule has 0 atom stereocenters. The summed E-state index contributed by atoms with van der Waals surface area (Å²) in [5.74, 6) is -0.106. The molecule has 0 radical (unpaired) electrons. The van der Waals surface area contributed by atoms with Crippen molar-refractivity contribution in [1.29, 1.82) is 0 Å². The van der Waals surface area contributed by atoms with Gasteiger partial charge >= 0.3 is 0 Å². The van der Waals surface area contributed by atoms with E-state index in [1.807, 2.05) is 13.0 Å². The van der Waals surface area contributed by atoms with E-state index in [-0.39, 0.29) is 5.82 Å². The molecule has 0 aliphatic heterocycles. The fourth-order valence-corrected chi connectivity index (χ4v) is 4.00. The molecule has 1 heterocycles. The van der Waals surface area contributed by atoms with Gasteiger partial charge in [-0.1, -0.05) is 43.2 Å². The van der Waals surface area contributed by atoms with Crippen molar-refractivity contribution >= 4 is 10.9 Å². The average Bonchev–Trinajstić information content (AvgIpc) is 3.18. The van der Waals surface area contributed by atoms with Crippen molar-refractivity contribution in [2.45, 2.75) is 45.1 Å². The Morgan fingerprint density at radius 2 is 1.83 bits per heavy atom. The molecule has 0 bridgehead atoms. The summed E-state index contributed by atoms with van der Waals surface area (Å²) in [6.07, 6.45) is 5.95. The Balaban J connectivity index is 1.82. The number of fused-ring (bicyclic) bond motifs is 1. The first-order chi connectivity index (χ1) is 11.2. The monoisotopic (exact) mass is 307 g/mol. The smallest absolute Gasteiger partial charge is 0.126 e. The number of rotatable bonds is 3. The van der Waals surface area contributed by atoms with Crippen LogP contribution in [-0.4, -0.2) is 4.57 Å². The normalized spacial score (nSPS) is 15.6. The second-order valence-electron chi connectivity index (χ2n) is 6.70. The number of para-hydroxylation sites is 1. The standard InChI is InChI=1S/C21H22FN/c1-15-16(8-6-11-20(15)22)13-19-14-17-7-2-5-12-21(17)23(19)18-9-3-4-10-18/h2,5-8,11-12,14,18H,3-4,9-10,13H2,1H3. The second kappa shape index (κ2) is 5.84. The zero-order valence-corrected chi connectivity index (χ0v) is 13.6. The van der Waals surface area contributed by atoms with Crippen molar-refractivity contribution in [2.24, 2.45) is 0 Å². The fraction of sp³-hybridized carbons (Fsp3) is 0.333. The maximum absolute atomic E-state index is 13.9. The van der Waals surface area contributed by atoms with Crippen LogP contribution < -0.4 is 0 Å². The summed E-state index contributed by atoms with van der Waals surface area (Å²) in [5.41, 5.74) is 4.50. The maximum Gasteiger partial charge on any atom is 0.126 e. The average molecular weight is 307 g/mol. The van der Waals surface area contributed by atoms with E-state index < -0.39 is 0 Å². The van der Waals surface area contributed by atoms with Crippen molar-refractivity contribution in [3.05, 3.63) is 71.2 Å². The van der Waals surface area contributed by atoms with E-state index in [0.29, 0.717) is 6.04 Å². The lowest BCUT2D eigenvalue weighted by Crippen LogP contribution is -2.09. The summed E-state index contributed by atoms with van der Waals surface area (Å²) in [4.78, 5) is 0. The third kappa shape index (κ3) is 2.56. The van der Waals surface area contributed by atoms with Crippen molar-refractivity contribution in [3.8, 4) is 0 Å². The number of aromatic nitrogens is 1. The number of hydrogen-bond acceptors (Lipinski definition) is 0. The minimum absolute atomic E-state index is 0.106. The van der Waals surface area contributed by atoms with Crippen LogP contribution in [0.1, 0.15) is 48.5 Å². The van der Waals surface area contributed by atoms with Gasteiger partial charge in [0.15, 0.2) is 0 Å². The number of halogens is 1. The molecule has 2 heteroatoms. The van der Waals surface area contributed by atoms with Crippen molar-refractivity contribution in [3.63, 3.8) is 0 Å². The number of hydrogen-bond donors (Lipinski definition) is 0. The largest absolute Gasteiger partial charge is 0.341 e. The van der Waals surface area contributed by atoms with Crippen LogP contribution in [-0.2, 0) is 6.42 Å². The van der Waals surface area contributed by atoms with Gasteiger partial charge in [0.2, 0.25) is 0 Å². The highest BCUT2D eigenvalue weighted by atomic mass is 19.1. The van der Waals surface area contributed by atoms with E-state index in [1.165, 1.54) is 42.3 Å². The van der Waals surface area contributed by atoms with Crippen LogP contribution in [0.4, 0.5) is 4.39 Å². The topological polar surface area (TPSA) is 4.93 Å². The van der Waals surface area contributed by atoms with Crippen LogP contribution >= 0.6 is 0 Å². The summed E-state index contributed by atoms with van der Waals surface area (Å²) >= 11 is 0. The first kappa shape index (κ1) is 14.5. The van der Waals surface area contributed by atoms with Crippen LogP contribution in [0.25, 0.3) is 10.9 Å². The molecule has 0 amide bonds. The Morgan fingerprint density at radius 3 is 2.65 bits per heavy atom. The molecule has 1 aromatic heterocycles. The van der Waals surface area contributed by atoms with Crippen molar-refractivity contribution in [1.82, 2.24) is 4.57 Å². The molecule has 0 unspecified atom stereocenters. The first-order valence-corrected chi connectivity index (χ1v) is 8.57. The Hall–Kier alpha value is -2.09. The van der Waals surface area contributed by atoms with Gasteiger partial charge in [-0.15, -0.1) is 0 Å². The van der Waals surface area contributed by atoms with Crippen LogP contribution in [0.15, 0.2) is 48.5 Å². The Bertz CT molecular complexity index is 840. The summed E-state index contributed by atoms with van der Waals surface area (Å²) in [5, 5.41) is 1.29. The van der Waals surface area contributed by atoms with Gasteiger partial charge in [0.1, 0.15) is 5.82 Å². The molecule has 1 aliphatic carbocycles. The van der Waals surface area contributed by atoms with Gasteiger partial charge in [-0.3, -0.25) is 0 Å². The van der Waals surface area contributed by atoms with Crippen LogP contribution in [0.2, 0.25) is 0 Å². The molecular formula is C21H22FN. The highest BCUT2D eigenvalue weighted by Gasteiger charge is 2.21. The van der Waals surface area contributed by atoms with Gasteiger partial charge in [-0.25, -0.2) is 4.39 Å². The molecule has 4 rings (SSSR count). The third-order valence-electron chi connectivity index (χ3n) is 5.27. The zero-order chi connectivity index (χ0) is 15.8. The molecule has 1 aliphatic rings. The summed E-state index contributed by atoms with van der Waals surface area (Å²) < 4.78 is 16.4.